The number of hydrogen-bond donors (Lipinski definition) is 0. The Bertz CT molecular complexity index is 895. The molecule has 3 nitrogen and oxygen atoms in total. The number of hydrogen-bond acceptors (Lipinski definition) is 4. The van der Waals surface area contributed by atoms with Gasteiger partial charge in [-0.05, 0) is 106 Å². The maximum absolute atomic E-state index is 12.4. The van der Waals surface area contributed by atoms with E-state index in [-0.39, 0.29) is 11.3 Å². The number of nitrogens with zero attached hydrogens (tertiary/aromatic N) is 1. The van der Waals surface area contributed by atoms with Crippen molar-refractivity contribution in [2.45, 2.75) is 64.2 Å². The van der Waals surface area contributed by atoms with E-state index in [0.29, 0.717) is 33.4 Å². The fourth-order valence-electron chi connectivity index (χ4n) is 4.99. The SMILES string of the molecule is CCN(CC)CCOC(=O)c1ccc(CCC[C@H]2C(Cl)CCC2CCc2cc(Cl)cc(Cl)c2)s1. The molecular formula is C27H36Cl3NO2S. The van der Waals surface area contributed by atoms with Gasteiger partial charge in [0.15, 0.2) is 0 Å². The highest BCUT2D eigenvalue weighted by atomic mass is 35.5. The van der Waals surface area contributed by atoms with E-state index in [4.69, 9.17) is 39.5 Å². The molecule has 1 fully saturated rings. The molecule has 1 saturated carbocycles. The van der Waals surface area contributed by atoms with E-state index >= 15 is 0 Å². The van der Waals surface area contributed by atoms with Crippen LogP contribution in [0.4, 0.5) is 0 Å². The van der Waals surface area contributed by atoms with Crippen LogP contribution in [0.3, 0.4) is 0 Å². The van der Waals surface area contributed by atoms with Crippen molar-refractivity contribution in [3.8, 4) is 0 Å². The number of alkyl halides is 1. The number of carbonyl (C=O) groups excluding carboxylic acids is 1. The molecule has 7 heteroatoms. The third-order valence-electron chi connectivity index (χ3n) is 6.97. The van der Waals surface area contributed by atoms with Gasteiger partial charge in [-0.2, -0.15) is 0 Å². The first-order valence-electron chi connectivity index (χ1n) is 12.5. The van der Waals surface area contributed by atoms with Gasteiger partial charge in [0.25, 0.3) is 0 Å². The second kappa shape index (κ2) is 14.1. The number of ether oxygens (including phenoxy) is 1. The standard InChI is InChI=1S/C27H36Cl3NO2S/c1-3-31(4-2)14-15-33-27(32)26-13-11-23(34-26)6-5-7-24-20(10-12-25(24)30)9-8-19-16-21(28)18-22(29)17-19/h11,13,16-18,20,24-25H,3-10,12,14-15H2,1-2H3/t20?,24-,25?/m1/s1. The topological polar surface area (TPSA) is 29.5 Å². The van der Waals surface area contributed by atoms with Crippen LogP contribution in [0.1, 0.15) is 66.1 Å². The number of halogens is 3. The summed E-state index contributed by atoms with van der Waals surface area (Å²) in [6, 6.07) is 9.77. The molecule has 2 unspecified atom stereocenters. The minimum atomic E-state index is -0.207. The fourth-order valence-corrected chi connectivity index (χ4v) is 6.96. The average molecular weight is 545 g/mol. The summed E-state index contributed by atoms with van der Waals surface area (Å²) in [5, 5.41) is 1.65. The molecule has 3 atom stereocenters. The molecule has 3 rings (SSSR count). The highest BCUT2D eigenvalue weighted by Crippen LogP contribution is 2.41. The van der Waals surface area contributed by atoms with Gasteiger partial charge in [0.05, 0.1) is 0 Å². The molecule has 0 radical (unpaired) electrons. The van der Waals surface area contributed by atoms with Crippen LogP contribution in [0.2, 0.25) is 10.0 Å². The van der Waals surface area contributed by atoms with Gasteiger partial charge >= 0.3 is 5.97 Å². The van der Waals surface area contributed by atoms with E-state index < -0.39 is 0 Å². The summed E-state index contributed by atoms with van der Waals surface area (Å²) < 4.78 is 5.46. The number of rotatable bonds is 13. The molecule has 0 bridgehead atoms. The van der Waals surface area contributed by atoms with Crippen LogP contribution in [0.25, 0.3) is 0 Å². The molecule has 188 valence electrons. The summed E-state index contributed by atoms with van der Waals surface area (Å²) in [7, 11) is 0. The van der Waals surface area contributed by atoms with Crippen molar-refractivity contribution < 1.29 is 9.53 Å². The molecule has 0 aliphatic heterocycles. The Balaban J connectivity index is 1.43. The number of thiophene rings is 1. The molecule has 1 aromatic heterocycles. The quantitative estimate of drug-likeness (QED) is 0.188. The Morgan fingerprint density at radius 1 is 1.06 bits per heavy atom. The Kier molecular flexibility index (Phi) is 11.5. The number of aryl methyl sites for hydroxylation is 2. The van der Waals surface area contributed by atoms with Gasteiger partial charge in [-0.3, -0.25) is 0 Å². The minimum Gasteiger partial charge on any atom is -0.460 e. The molecule has 0 amide bonds. The van der Waals surface area contributed by atoms with Gasteiger partial charge in [-0.15, -0.1) is 22.9 Å². The van der Waals surface area contributed by atoms with Crippen molar-refractivity contribution in [2.75, 3.05) is 26.2 Å². The lowest BCUT2D eigenvalue weighted by atomic mass is 9.86. The zero-order chi connectivity index (χ0) is 24.5. The van der Waals surface area contributed by atoms with Crippen LogP contribution in [-0.2, 0) is 17.6 Å². The maximum Gasteiger partial charge on any atom is 0.348 e. The molecule has 0 saturated heterocycles. The van der Waals surface area contributed by atoms with Crippen molar-refractivity contribution in [3.63, 3.8) is 0 Å². The zero-order valence-corrected chi connectivity index (χ0v) is 23.3. The first-order chi connectivity index (χ1) is 16.4. The summed E-state index contributed by atoms with van der Waals surface area (Å²) in [6.45, 7) is 7.39. The van der Waals surface area contributed by atoms with Crippen LogP contribution < -0.4 is 0 Å². The smallest absolute Gasteiger partial charge is 0.348 e. The monoisotopic (exact) mass is 543 g/mol. The predicted molar refractivity (Wildman–Crippen MR) is 146 cm³/mol. The highest BCUT2D eigenvalue weighted by molar-refractivity contribution is 7.13. The van der Waals surface area contributed by atoms with Crippen molar-refractivity contribution in [2.24, 2.45) is 11.8 Å². The second-order valence-corrected chi connectivity index (χ2v) is 11.8. The second-order valence-electron chi connectivity index (χ2n) is 9.15. The molecule has 2 aromatic rings. The van der Waals surface area contributed by atoms with Crippen LogP contribution in [0.5, 0.6) is 0 Å². The minimum absolute atomic E-state index is 0.207. The number of esters is 1. The van der Waals surface area contributed by atoms with Crippen LogP contribution >= 0.6 is 46.1 Å². The summed E-state index contributed by atoms with van der Waals surface area (Å²) >= 11 is 20.6. The molecule has 1 heterocycles. The van der Waals surface area contributed by atoms with Crippen molar-refractivity contribution in [1.82, 2.24) is 4.90 Å². The van der Waals surface area contributed by atoms with E-state index in [1.165, 1.54) is 16.9 Å². The lowest BCUT2D eigenvalue weighted by Crippen LogP contribution is -2.27. The van der Waals surface area contributed by atoms with E-state index in [0.717, 1.165) is 58.2 Å². The lowest BCUT2D eigenvalue weighted by molar-refractivity contribution is 0.0472. The Morgan fingerprint density at radius 2 is 1.79 bits per heavy atom. The predicted octanol–water partition coefficient (Wildman–Crippen LogP) is 8.14. The van der Waals surface area contributed by atoms with Crippen LogP contribution in [0.15, 0.2) is 30.3 Å². The van der Waals surface area contributed by atoms with E-state index in [1.807, 2.05) is 18.2 Å². The molecule has 1 aliphatic carbocycles. The number of likely N-dealkylation sites (N-methyl/N-ethyl adjacent to an activating group) is 1. The van der Waals surface area contributed by atoms with Gasteiger partial charge in [-0.25, -0.2) is 4.79 Å². The third kappa shape index (κ3) is 8.41. The Hall–Kier alpha value is -0.780. The van der Waals surface area contributed by atoms with Crippen molar-refractivity contribution in [3.05, 3.63) is 55.7 Å². The lowest BCUT2D eigenvalue weighted by Gasteiger charge is -2.22. The maximum atomic E-state index is 12.4. The van der Waals surface area contributed by atoms with Gasteiger partial charge in [0.2, 0.25) is 0 Å². The fraction of sp³-hybridized carbons (Fsp3) is 0.593. The zero-order valence-electron chi connectivity index (χ0n) is 20.2. The Labute approximate surface area is 223 Å². The van der Waals surface area contributed by atoms with E-state index in [1.54, 1.807) is 17.4 Å². The molecular weight excluding hydrogens is 509 g/mol. The van der Waals surface area contributed by atoms with Gasteiger partial charge in [-0.1, -0.05) is 37.0 Å². The summed E-state index contributed by atoms with van der Waals surface area (Å²) in [4.78, 5) is 16.5. The van der Waals surface area contributed by atoms with E-state index in [2.05, 4.69) is 24.8 Å². The molecule has 0 N–H and O–H groups in total. The summed E-state index contributed by atoms with van der Waals surface area (Å²) in [5.74, 6) is 0.974. The van der Waals surface area contributed by atoms with Crippen molar-refractivity contribution in [1.29, 1.82) is 0 Å². The normalized spacial score (nSPS) is 20.2. The van der Waals surface area contributed by atoms with Crippen LogP contribution in [-0.4, -0.2) is 42.5 Å². The molecule has 1 aromatic carbocycles. The van der Waals surface area contributed by atoms with Gasteiger partial charge in [0.1, 0.15) is 11.5 Å². The summed E-state index contributed by atoms with van der Waals surface area (Å²) in [6.07, 6.45) is 7.57. The van der Waals surface area contributed by atoms with Gasteiger partial charge < -0.3 is 9.64 Å². The largest absolute Gasteiger partial charge is 0.460 e. The molecule has 34 heavy (non-hydrogen) atoms. The number of benzene rings is 1. The van der Waals surface area contributed by atoms with Gasteiger partial charge in [0, 0.05) is 26.8 Å². The van der Waals surface area contributed by atoms with E-state index in [9.17, 15) is 4.79 Å². The highest BCUT2D eigenvalue weighted by Gasteiger charge is 2.34. The number of carbonyl (C=O) groups is 1. The average Bonchev–Trinajstić information content (AvgIpc) is 3.42. The Morgan fingerprint density at radius 3 is 2.50 bits per heavy atom. The first-order valence-corrected chi connectivity index (χ1v) is 14.5. The first kappa shape index (κ1) is 27.8. The molecule has 1 aliphatic rings. The molecule has 0 spiro atoms. The van der Waals surface area contributed by atoms with Crippen molar-refractivity contribution >= 4 is 52.1 Å². The van der Waals surface area contributed by atoms with Crippen LogP contribution in [0, 0.1) is 11.8 Å². The summed E-state index contributed by atoms with van der Waals surface area (Å²) in [5.41, 5.74) is 1.20. The third-order valence-corrected chi connectivity index (χ3v) is 9.07.